The predicted octanol–water partition coefficient (Wildman–Crippen LogP) is 3.14. The Bertz CT molecular complexity index is 858. The zero-order chi connectivity index (χ0) is 15.1. The van der Waals surface area contributed by atoms with Gasteiger partial charge in [-0.3, -0.25) is 15.1 Å². The van der Waals surface area contributed by atoms with E-state index in [-0.39, 0.29) is 5.91 Å². The van der Waals surface area contributed by atoms with Crippen molar-refractivity contribution in [2.45, 2.75) is 18.8 Å². The van der Waals surface area contributed by atoms with Crippen LogP contribution in [0.3, 0.4) is 0 Å². The van der Waals surface area contributed by atoms with Crippen LogP contribution in [-0.2, 0) is 0 Å². The predicted molar refractivity (Wildman–Crippen MR) is 83.1 cm³/mol. The number of benzene rings is 1. The molecule has 0 spiro atoms. The molecule has 1 aromatic carbocycles. The van der Waals surface area contributed by atoms with Gasteiger partial charge in [-0.1, -0.05) is 11.6 Å². The number of carbonyl (C=O) groups is 1. The molecule has 0 unspecified atom stereocenters. The van der Waals surface area contributed by atoms with Gasteiger partial charge in [0.15, 0.2) is 0 Å². The molecule has 110 valence electrons. The maximum absolute atomic E-state index is 12.6. The van der Waals surface area contributed by atoms with Gasteiger partial charge in [0.05, 0.1) is 11.1 Å². The van der Waals surface area contributed by atoms with E-state index in [1.165, 1.54) is 6.33 Å². The summed E-state index contributed by atoms with van der Waals surface area (Å²) in [6.07, 6.45) is 3.58. The highest BCUT2D eigenvalue weighted by Crippen LogP contribution is 2.40. The Morgan fingerprint density at radius 1 is 1.32 bits per heavy atom. The lowest BCUT2D eigenvalue weighted by molar-refractivity contribution is 0.102. The zero-order valence-corrected chi connectivity index (χ0v) is 12.3. The third-order valence-corrected chi connectivity index (χ3v) is 3.91. The van der Waals surface area contributed by atoms with Crippen LogP contribution in [0.15, 0.2) is 30.6 Å². The van der Waals surface area contributed by atoms with Crippen molar-refractivity contribution in [1.82, 2.24) is 20.2 Å². The summed E-state index contributed by atoms with van der Waals surface area (Å²) in [4.78, 5) is 21.1. The summed E-state index contributed by atoms with van der Waals surface area (Å²) in [7, 11) is 0. The van der Waals surface area contributed by atoms with E-state index in [0.717, 1.165) is 29.4 Å². The summed E-state index contributed by atoms with van der Waals surface area (Å²) in [5.41, 5.74) is 2.28. The molecule has 1 saturated carbocycles. The zero-order valence-electron chi connectivity index (χ0n) is 11.5. The molecule has 6 nitrogen and oxygen atoms in total. The molecule has 3 aromatic rings. The van der Waals surface area contributed by atoms with E-state index in [2.05, 4.69) is 25.5 Å². The average Bonchev–Trinajstić information content (AvgIpc) is 3.24. The van der Waals surface area contributed by atoms with Gasteiger partial charge in [0.1, 0.15) is 6.33 Å². The summed E-state index contributed by atoms with van der Waals surface area (Å²) in [5.74, 6) is 0.509. The summed E-state index contributed by atoms with van der Waals surface area (Å²) in [5, 5.41) is 10.3. The fourth-order valence-electron chi connectivity index (χ4n) is 2.44. The van der Waals surface area contributed by atoms with Crippen molar-refractivity contribution in [3.8, 4) is 0 Å². The first-order chi connectivity index (χ1) is 10.7. The Labute approximate surface area is 130 Å². The molecule has 1 amide bonds. The van der Waals surface area contributed by atoms with Crippen LogP contribution in [0.4, 0.5) is 5.95 Å². The molecule has 4 rings (SSSR count). The maximum Gasteiger partial charge on any atom is 0.258 e. The molecule has 0 bridgehead atoms. The van der Waals surface area contributed by atoms with Gasteiger partial charge < -0.3 is 0 Å². The second-order valence-electron chi connectivity index (χ2n) is 5.32. The molecule has 2 N–H and O–H groups in total. The maximum atomic E-state index is 12.6. The fourth-order valence-corrected chi connectivity index (χ4v) is 2.61. The number of aromatic nitrogens is 4. The number of rotatable bonds is 3. The van der Waals surface area contributed by atoms with Gasteiger partial charge in [-0.2, -0.15) is 10.1 Å². The molecule has 2 aromatic heterocycles. The Hall–Kier alpha value is -2.47. The van der Waals surface area contributed by atoms with Crippen molar-refractivity contribution >= 4 is 34.4 Å². The molecule has 0 radical (unpaired) electrons. The molecule has 1 aliphatic rings. The number of halogens is 1. The van der Waals surface area contributed by atoms with Gasteiger partial charge in [-0.15, -0.1) is 0 Å². The van der Waals surface area contributed by atoms with Gasteiger partial charge in [0, 0.05) is 22.0 Å². The van der Waals surface area contributed by atoms with Crippen molar-refractivity contribution in [2.24, 2.45) is 0 Å². The number of aromatic amines is 1. The van der Waals surface area contributed by atoms with Crippen molar-refractivity contribution in [1.29, 1.82) is 0 Å². The molecule has 22 heavy (non-hydrogen) atoms. The van der Waals surface area contributed by atoms with E-state index >= 15 is 0 Å². The smallest absolute Gasteiger partial charge is 0.258 e. The normalized spacial score (nSPS) is 14.2. The van der Waals surface area contributed by atoms with Gasteiger partial charge in [0.2, 0.25) is 5.95 Å². The number of H-pyrrole nitrogens is 1. The number of amides is 1. The summed E-state index contributed by atoms with van der Waals surface area (Å²) in [6.45, 7) is 0. The number of hydrogen-bond acceptors (Lipinski definition) is 4. The highest BCUT2D eigenvalue weighted by molar-refractivity contribution is 6.31. The van der Waals surface area contributed by atoms with Gasteiger partial charge in [0.25, 0.3) is 5.91 Å². The number of nitrogens with zero attached hydrogens (tertiary/aromatic N) is 3. The highest BCUT2D eigenvalue weighted by Gasteiger charge is 2.27. The third-order valence-electron chi connectivity index (χ3n) is 3.68. The Kier molecular flexibility index (Phi) is 3.04. The number of pyridine rings is 1. The van der Waals surface area contributed by atoms with Crippen molar-refractivity contribution in [2.75, 3.05) is 5.32 Å². The minimum atomic E-state index is -0.256. The van der Waals surface area contributed by atoms with Crippen LogP contribution >= 0.6 is 11.6 Å². The lowest BCUT2D eigenvalue weighted by Gasteiger charge is -2.09. The molecular weight excluding hydrogens is 302 g/mol. The summed E-state index contributed by atoms with van der Waals surface area (Å²) >= 11 is 6.06. The summed E-state index contributed by atoms with van der Waals surface area (Å²) in [6, 6.07) is 7.23. The van der Waals surface area contributed by atoms with E-state index < -0.39 is 0 Å². The second-order valence-corrected chi connectivity index (χ2v) is 5.76. The minimum Gasteiger partial charge on any atom is -0.291 e. The Morgan fingerprint density at radius 2 is 2.18 bits per heavy atom. The van der Waals surface area contributed by atoms with Crippen LogP contribution in [-0.4, -0.2) is 26.1 Å². The number of fused-ring (bicyclic) bond motifs is 1. The topological polar surface area (TPSA) is 83.6 Å². The first-order valence-corrected chi connectivity index (χ1v) is 7.35. The standard InChI is InChI=1S/C15H12ClN5O/c16-9-3-4-12-10(5-9)11(6-13(19-12)8-1-2-8)14(22)20-15-17-7-18-21-15/h3-8H,1-2H2,(H2,17,18,20,21,22). The van der Waals surface area contributed by atoms with Gasteiger partial charge in [-0.25, -0.2) is 5.10 Å². The molecule has 7 heteroatoms. The molecular formula is C15H12ClN5O. The van der Waals surface area contributed by atoms with Crippen LogP contribution in [0.5, 0.6) is 0 Å². The van der Waals surface area contributed by atoms with Crippen molar-refractivity contribution < 1.29 is 4.79 Å². The van der Waals surface area contributed by atoms with Crippen LogP contribution < -0.4 is 5.32 Å². The monoisotopic (exact) mass is 313 g/mol. The van der Waals surface area contributed by atoms with E-state index in [1.54, 1.807) is 12.1 Å². The number of anilines is 1. The molecule has 2 heterocycles. The third kappa shape index (κ3) is 2.42. The number of carbonyl (C=O) groups excluding carboxylic acids is 1. The fraction of sp³-hybridized carbons (Fsp3) is 0.200. The average molecular weight is 314 g/mol. The lowest BCUT2D eigenvalue weighted by Crippen LogP contribution is -2.14. The Morgan fingerprint density at radius 3 is 2.91 bits per heavy atom. The van der Waals surface area contributed by atoms with Crippen LogP contribution in [0.25, 0.3) is 10.9 Å². The molecule has 0 atom stereocenters. The lowest BCUT2D eigenvalue weighted by atomic mass is 10.1. The largest absolute Gasteiger partial charge is 0.291 e. The molecule has 1 fully saturated rings. The van der Waals surface area contributed by atoms with E-state index in [0.29, 0.717) is 22.5 Å². The molecule has 0 saturated heterocycles. The van der Waals surface area contributed by atoms with E-state index in [9.17, 15) is 4.79 Å². The molecule has 0 aliphatic heterocycles. The number of hydrogen-bond donors (Lipinski definition) is 2. The summed E-state index contributed by atoms with van der Waals surface area (Å²) < 4.78 is 0. The van der Waals surface area contributed by atoms with E-state index in [4.69, 9.17) is 11.6 Å². The quantitative estimate of drug-likeness (QED) is 0.778. The molecule has 1 aliphatic carbocycles. The number of nitrogens with one attached hydrogen (secondary N) is 2. The SMILES string of the molecule is O=C(Nc1ncn[nH]1)c1cc(C2CC2)nc2ccc(Cl)cc12. The first kappa shape index (κ1) is 13.2. The van der Waals surface area contributed by atoms with Gasteiger partial charge in [-0.05, 0) is 37.1 Å². The van der Waals surface area contributed by atoms with Crippen molar-refractivity contribution in [3.63, 3.8) is 0 Å². The second kappa shape index (κ2) is 5.06. The minimum absolute atomic E-state index is 0.256. The first-order valence-electron chi connectivity index (χ1n) is 6.97. The van der Waals surface area contributed by atoms with Crippen molar-refractivity contribution in [3.05, 3.63) is 46.9 Å². The van der Waals surface area contributed by atoms with E-state index in [1.807, 2.05) is 12.1 Å². The van der Waals surface area contributed by atoms with Gasteiger partial charge >= 0.3 is 0 Å². The Balaban J connectivity index is 1.82. The van der Waals surface area contributed by atoms with Crippen LogP contribution in [0.2, 0.25) is 5.02 Å². The van der Waals surface area contributed by atoms with Crippen LogP contribution in [0, 0.1) is 0 Å². The highest BCUT2D eigenvalue weighted by atomic mass is 35.5. The van der Waals surface area contributed by atoms with Crippen LogP contribution in [0.1, 0.15) is 34.8 Å².